The van der Waals surface area contributed by atoms with E-state index in [1.807, 2.05) is 40.8 Å². The summed E-state index contributed by atoms with van der Waals surface area (Å²) in [6, 6.07) is 14.7. The minimum absolute atomic E-state index is 0.103. The minimum Gasteiger partial charge on any atom is -0.340 e. The number of aryl methyl sites for hydroxylation is 2. The van der Waals surface area contributed by atoms with Crippen molar-refractivity contribution in [2.75, 3.05) is 40.3 Å². The van der Waals surface area contributed by atoms with Gasteiger partial charge in [-0.05, 0) is 35.9 Å². The van der Waals surface area contributed by atoms with Crippen LogP contribution in [0.3, 0.4) is 0 Å². The molecule has 184 valence electrons. The Bertz CT molecular complexity index is 1360. The average Bonchev–Trinajstić information content (AvgIpc) is 3.18. The SMILES string of the molecule is CN(C)S(=O)(=O)c1ccc2c(c1)nc(CCC(=O)N1CCN(Cc3ccc(C#N)cc3)CC1)n2C. The number of carbonyl (C=O) groups is 1. The predicted octanol–water partition coefficient (Wildman–Crippen LogP) is 1.97. The number of hydrogen-bond donors (Lipinski definition) is 0. The highest BCUT2D eigenvalue weighted by Crippen LogP contribution is 2.22. The second kappa shape index (κ2) is 10.2. The first kappa shape index (κ1) is 24.9. The summed E-state index contributed by atoms with van der Waals surface area (Å²) in [6.45, 7) is 3.79. The van der Waals surface area contributed by atoms with Gasteiger partial charge < -0.3 is 9.47 Å². The van der Waals surface area contributed by atoms with Gasteiger partial charge in [0.05, 0.1) is 27.6 Å². The standard InChI is InChI=1S/C25H30N6O3S/c1-28(2)35(33,34)21-8-9-23-22(16-21)27-24(29(23)3)10-11-25(32)31-14-12-30(13-15-31)18-20-6-4-19(17-26)5-7-20/h4-9,16H,10-15,18H2,1-3H3. The van der Waals surface area contributed by atoms with E-state index in [1.54, 1.807) is 18.2 Å². The Balaban J connectivity index is 1.33. The first-order valence-corrected chi connectivity index (χ1v) is 13.0. The molecular formula is C25H30N6O3S. The quantitative estimate of drug-likeness (QED) is 0.498. The maximum atomic E-state index is 12.8. The lowest BCUT2D eigenvalue weighted by atomic mass is 10.1. The van der Waals surface area contributed by atoms with Crippen LogP contribution >= 0.6 is 0 Å². The zero-order valence-electron chi connectivity index (χ0n) is 20.3. The third kappa shape index (κ3) is 5.37. The number of rotatable bonds is 7. The Morgan fingerprint density at radius 1 is 1.09 bits per heavy atom. The van der Waals surface area contributed by atoms with Crippen molar-refractivity contribution in [2.24, 2.45) is 7.05 Å². The monoisotopic (exact) mass is 494 g/mol. The van der Waals surface area contributed by atoms with Crippen LogP contribution < -0.4 is 0 Å². The number of sulfonamides is 1. The van der Waals surface area contributed by atoms with Gasteiger partial charge in [0, 0.05) is 66.7 Å². The summed E-state index contributed by atoms with van der Waals surface area (Å²) in [5.74, 6) is 0.859. The molecule has 0 saturated carbocycles. The molecule has 1 aromatic heterocycles. The fourth-order valence-electron chi connectivity index (χ4n) is 4.30. The molecule has 1 aliphatic heterocycles. The van der Waals surface area contributed by atoms with Crippen molar-refractivity contribution in [1.29, 1.82) is 5.26 Å². The second-order valence-corrected chi connectivity index (χ2v) is 11.1. The molecule has 9 nitrogen and oxygen atoms in total. The Morgan fingerprint density at radius 2 is 1.77 bits per heavy atom. The fraction of sp³-hybridized carbons (Fsp3) is 0.400. The summed E-state index contributed by atoms with van der Waals surface area (Å²) in [7, 11) is 1.36. The molecule has 1 amide bonds. The van der Waals surface area contributed by atoms with Crippen molar-refractivity contribution in [1.82, 2.24) is 23.7 Å². The third-order valence-corrected chi connectivity index (χ3v) is 8.31. The minimum atomic E-state index is -3.53. The number of amides is 1. The van der Waals surface area contributed by atoms with Crippen LogP contribution in [0, 0.1) is 11.3 Å². The summed E-state index contributed by atoms with van der Waals surface area (Å²) >= 11 is 0. The highest BCUT2D eigenvalue weighted by atomic mass is 32.2. The molecule has 0 radical (unpaired) electrons. The number of carbonyl (C=O) groups excluding carboxylic acids is 1. The normalized spacial score (nSPS) is 15.0. The molecule has 4 rings (SSSR count). The molecule has 0 spiro atoms. The van der Waals surface area contributed by atoms with Gasteiger partial charge in [-0.1, -0.05) is 12.1 Å². The highest BCUT2D eigenvalue weighted by Gasteiger charge is 2.22. The first-order chi connectivity index (χ1) is 16.7. The van der Waals surface area contributed by atoms with E-state index in [-0.39, 0.29) is 10.8 Å². The van der Waals surface area contributed by atoms with Gasteiger partial charge in [-0.2, -0.15) is 5.26 Å². The number of hydrogen-bond acceptors (Lipinski definition) is 6. The van der Waals surface area contributed by atoms with Gasteiger partial charge in [0.25, 0.3) is 0 Å². The van der Waals surface area contributed by atoms with Crippen molar-refractivity contribution in [3.05, 3.63) is 59.4 Å². The number of nitriles is 1. The summed E-state index contributed by atoms with van der Waals surface area (Å²) < 4.78 is 28.0. The van der Waals surface area contributed by atoms with E-state index in [9.17, 15) is 13.2 Å². The number of fused-ring (bicyclic) bond motifs is 1. The zero-order chi connectivity index (χ0) is 25.2. The van der Waals surface area contributed by atoms with Gasteiger partial charge in [-0.3, -0.25) is 9.69 Å². The van der Waals surface area contributed by atoms with Crippen LogP contribution in [0.2, 0.25) is 0 Å². The summed E-state index contributed by atoms with van der Waals surface area (Å²) in [4.78, 5) is 21.9. The van der Waals surface area contributed by atoms with Crippen molar-refractivity contribution in [3.8, 4) is 6.07 Å². The van der Waals surface area contributed by atoms with E-state index in [4.69, 9.17) is 5.26 Å². The lowest BCUT2D eigenvalue weighted by Gasteiger charge is -2.34. The van der Waals surface area contributed by atoms with Crippen LogP contribution in [0.4, 0.5) is 0 Å². The molecule has 0 atom stereocenters. The van der Waals surface area contributed by atoms with Crippen LogP contribution in [0.5, 0.6) is 0 Å². The fourth-order valence-corrected chi connectivity index (χ4v) is 5.22. The van der Waals surface area contributed by atoms with E-state index in [0.29, 0.717) is 37.0 Å². The average molecular weight is 495 g/mol. The summed E-state index contributed by atoms with van der Waals surface area (Å²) in [6.07, 6.45) is 0.848. The van der Waals surface area contributed by atoms with Crippen LogP contribution in [0.25, 0.3) is 11.0 Å². The Kier molecular flexibility index (Phi) is 7.21. The highest BCUT2D eigenvalue weighted by molar-refractivity contribution is 7.89. The molecule has 0 aliphatic carbocycles. The molecular weight excluding hydrogens is 464 g/mol. The number of nitrogens with zero attached hydrogens (tertiary/aromatic N) is 6. The molecule has 0 N–H and O–H groups in total. The van der Waals surface area contributed by atoms with E-state index < -0.39 is 10.0 Å². The molecule has 0 unspecified atom stereocenters. The van der Waals surface area contributed by atoms with Crippen LogP contribution in [0.1, 0.15) is 23.4 Å². The van der Waals surface area contributed by atoms with Gasteiger partial charge in [0.2, 0.25) is 15.9 Å². The smallest absolute Gasteiger partial charge is 0.242 e. The maximum Gasteiger partial charge on any atom is 0.242 e. The third-order valence-electron chi connectivity index (χ3n) is 6.50. The van der Waals surface area contributed by atoms with Gasteiger partial charge in [0.1, 0.15) is 5.82 Å². The largest absolute Gasteiger partial charge is 0.340 e. The Morgan fingerprint density at radius 3 is 2.40 bits per heavy atom. The number of benzene rings is 2. The first-order valence-electron chi connectivity index (χ1n) is 11.6. The Labute approximate surface area is 206 Å². The van der Waals surface area contributed by atoms with Gasteiger partial charge in [-0.25, -0.2) is 17.7 Å². The van der Waals surface area contributed by atoms with Crippen molar-refractivity contribution in [2.45, 2.75) is 24.3 Å². The summed E-state index contributed by atoms with van der Waals surface area (Å²) in [5, 5.41) is 8.93. The number of imidazole rings is 1. The molecule has 1 fully saturated rings. The van der Waals surface area contributed by atoms with Crippen molar-refractivity contribution in [3.63, 3.8) is 0 Å². The van der Waals surface area contributed by atoms with Crippen LogP contribution in [-0.2, 0) is 34.8 Å². The van der Waals surface area contributed by atoms with E-state index in [1.165, 1.54) is 18.4 Å². The van der Waals surface area contributed by atoms with E-state index in [2.05, 4.69) is 16.0 Å². The molecule has 10 heteroatoms. The lowest BCUT2D eigenvalue weighted by molar-refractivity contribution is -0.133. The maximum absolute atomic E-state index is 12.8. The van der Waals surface area contributed by atoms with Crippen molar-refractivity contribution >= 4 is 27.0 Å². The van der Waals surface area contributed by atoms with Gasteiger partial charge in [0.15, 0.2) is 0 Å². The molecule has 2 heterocycles. The topological polar surface area (TPSA) is 103 Å². The lowest BCUT2D eigenvalue weighted by Crippen LogP contribution is -2.48. The molecule has 1 saturated heterocycles. The van der Waals surface area contributed by atoms with Gasteiger partial charge in [-0.15, -0.1) is 0 Å². The van der Waals surface area contributed by atoms with Gasteiger partial charge >= 0.3 is 0 Å². The molecule has 0 bridgehead atoms. The molecule has 2 aromatic carbocycles. The van der Waals surface area contributed by atoms with E-state index >= 15 is 0 Å². The molecule has 35 heavy (non-hydrogen) atoms. The zero-order valence-corrected chi connectivity index (χ0v) is 21.1. The second-order valence-electron chi connectivity index (χ2n) is 8.99. The molecule has 3 aromatic rings. The summed E-state index contributed by atoms with van der Waals surface area (Å²) in [5.41, 5.74) is 3.26. The Hall–Kier alpha value is -3.26. The number of piperazine rings is 1. The van der Waals surface area contributed by atoms with Crippen LogP contribution in [0.15, 0.2) is 47.4 Å². The van der Waals surface area contributed by atoms with E-state index in [0.717, 1.165) is 36.5 Å². The predicted molar refractivity (Wildman–Crippen MR) is 133 cm³/mol. The number of aromatic nitrogens is 2. The molecule has 1 aliphatic rings. The van der Waals surface area contributed by atoms with Crippen LogP contribution in [-0.4, -0.2) is 78.3 Å². The van der Waals surface area contributed by atoms with Crippen molar-refractivity contribution < 1.29 is 13.2 Å².